The number of amides is 1. The number of halogens is 1. The highest BCUT2D eigenvalue weighted by Crippen LogP contribution is 2.44. The van der Waals surface area contributed by atoms with E-state index in [-0.39, 0.29) is 17.4 Å². The number of aryl methyl sites for hydroxylation is 1. The molecule has 1 atom stereocenters. The molecule has 0 spiro atoms. The zero-order chi connectivity index (χ0) is 19.8. The summed E-state index contributed by atoms with van der Waals surface area (Å²) in [5.41, 5.74) is 1.72. The summed E-state index contributed by atoms with van der Waals surface area (Å²) in [6.45, 7) is 1.93. The van der Waals surface area contributed by atoms with Crippen LogP contribution >= 0.6 is 27.3 Å². The van der Waals surface area contributed by atoms with Gasteiger partial charge in [-0.2, -0.15) is 0 Å². The summed E-state index contributed by atoms with van der Waals surface area (Å²) in [6, 6.07) is 8.86. The molecule has 1 saturated carbocycles. The third-order valence-corrected chi connectivity index (χ3v) is 7.51. The van der Waals surface area contributed by atoms with Gasteiger partial charge in [-0.3, -0.25) is 9.59 Å². The van der Waals surface area contributed by atoms with Crippen molar-refractivity contribution in [1.82, 2.24) is 4.90 Å². The van der Waals surface area contributed by atoms with Crippen molar-refractivity contribution in [3.05, 3.63) is 61.8 Å². The molecule has 6 heteroatoms. The van der Waals surface area contributed by atoms with E-state index in [2.05, 4.69) is 15.9 Å². The number of hydrogen-bond acceptors (Lipinski definition) is 4. The Morgan fingerprint density at radius 1 is 1.18 bits per heavy atom. The average Bonchev–Trinajstić information content (AvgIpc) is 3.31. The minimum absolute atomic E-state index is 0.0502. The molecule has 146 valence electrons. The van der Waals surface area contributed by atoms with Crippen LogP contribution in [0.25, 0.3) is 5.76 Å². The maximum Gasteiger partial charge on any atom is 0.295 e. The lowest BCUT2D eigenvalue weighted by molar-refractivity contribution is -0.141. The summed E-state index contributed by atoms with van der Waals surface area (Å²) in [4.78, 5) is 28.7. The maximum atomic E-state index is 13.0. The lowest BCUT2D eigenvalue weighted by Crippen LogP contribution is -2.40. The number of aliphatic hydroxyl groups is 1. The van der Waals surface area contributed by atoms with Gasteiger partial charge in [-0.05, 0) is 48.9 Å². The van der Waals surface area contributed by atoms with Gasteiger partial charge in [0.2, 0.25) is 0 Å². The largest absolute Gasteiger partial charge is 0.507 e. The van der Waals surface area contributed by atoms with Crippen LogP contribution < -0.4 is 0 Å². The number of rotatable bonds is 3. The van der Waals surface area contributed by atoms with Gasteiger partial charge in [-0.25, -0.2) is 0 Å². The Labute approximate surface area is 177 Å². The predicted molar refractivity (Wildman–Crippen MR) is 114 cm³/mol. The Bertz CT molecular complexity index is 945. The molecule has 4 nitrogen and oxygen atoms in total. The number of likely N-dealkylation sites (tertiary alicyclic amines) is 1. The van der Waals surface area contributed by atoms with Crippen molar-refractivity contribution in [3.8, 4) is 0 Å². The fourth-order valence-corrected chi connectivity index (χ4v) is 5.34. The van der Waals surface area contributed by atoms with Gasteiger partial charge in [0.05, 0.1) is 11.6 Å². The number of carbonyl (C=O) groups is 2. The van der Waals surface area contributed by atoms with E-state index in [4.69, 9.17) is 0 Å². The van der Waals surface area contributed by atoms with Crippen molar-refractivity contribution in [2.45, 2.75) is 51.1 Å². The first kappa shape index (κ1) is 19.4. The first-order chi connectivity index (χ1) is 13.5. The van der Waals surface area contributed by atoms with Gasteiger partial charge in [-0.15, -0.1) is 11.3 Å². The molecule has 2 aliphatic rings. The van der Waals surface area contributed by atoms with Gasteiger partial charge < -0.3 is 10.0 Å². The van der Waals surface area contributed by atoms with Crippen molar-refractivity contribution >= 4 is 44.7 Å². The van der Waals surface area contributed by atoms with Gasteiger partial charge in [0.15, 0.2) is 0 Å². The molecule has 2 fully saturated rings. The van der Waals surface area contributed by atoms with Crippen LogP contribution in [0.15, 0.2) is 45.8 Å². The van der Waals surface area contributed by atoms with Crippen LogP contribution in [-0.4, -0.2) is 27.7 Å². The van der Waals surface area contributed by atoms with Gasteiger partial charge in [-0.1, -0.05) is 47.3 Å². The number of hydrogen-bond donors (Lipinski definition) is 1. The summed E-state index contributed by atoms with van der Waals surface area (Å²) in [5, 5.41) is 13.0. The van der Waals surface area contributed by atoms with Crippen LogP contribution in [-0.2, 0) is 9.59 Å². The standard InChI is InChI=1S/C22H22BrNO3S/c1-13-12-14(9-10-16(13)23)20(25)18-19(17-8-5-11-28-17)24(22(27)21(18)26)15-6-3-2-4-7-15/h5,8-12,15,19,25H,2-4,6-7H2,1H3/b20-18-. The number of aliphatic hydroxyl groups excluding tert-OH is 1. The molecule has 4 rings (SSSR count). The topological polar surface area (TPSA) is 57.6 Å². The number of Topliss-reactive ketones (excluding diaryl/α,β-unsaturated/α-hetero) is 1. The average molecular weight is 460 g/mol. The summed E-state index contributed by atoms with van der Waals surface area (Å²) in [5.74, 6) is -1.16. The maximum absolute atomic E-state index is 13.0. The number of benzene rings is 1. The third kappa shape index (κ3) is 3.33. The Morgan fingerprint density at radius 2 is 1.93 bits per heavy atom. The van der Waals surface area contributed by atoms with Crippen LogP contribution in [0.1, 0.15) is 54.1 Å². The van der Waals surface area contributed by atoms with E-state index in [1.807, 2.05) is 36.6 Å². The van der Waals surface area contributed by atoms with E-state index in [9.17, 15) is 14.7 Å². The molecule has 1 amide bonds. The highest BCUT2D eigenvalue weighted by atomic mass is 79.9. The number of ketones is 1. The number of thiophene rings is 1. The normalized spacial score (nSPS) is 22.8. The highest BCUT2D eigenvalue weighted by Gasteiger charge is 2.49. The van der Waals surface area contributed by atoms with Gasteiger partial charge >= 0.3 is 0 Å². The van der Waals surface area contributed by atoms with Crippen molar-refractivity contribution < 1.29 is 14.7 Å². The molecule has 1 aliphatic carbocycles. The number of nitrogens with zero attached hydrogens (tertiary/aromatic N) is 1. The minimum Gasteiger partial charge on any atom is -0.507 e. The van der Waals surface area contributed by atoms with Crippen molar-refractivity contribution in [3.63, 3.8) is 0 Å². The molecule has 1 saturated heterocycles. The molecule has 28 heavy (non-hydrogen) atoms. The minimum atomic E-state index is -0.581. The van der Waals surface area contributed by atoms with E-state index < -0.39 is 17.7 Å². The lowest BCUT2D eigenvalue weighted by Gasteiger charge is -2.34. The summed E-state index contributed by atoms with van der Waals surface area (Å²) >= 11 is 4.98. The molecule has 1 aromatic carbocycles. The molecule has 0 bridgehead atoms. The van der Waals surface area contributed by atoms with Crippen LogP contribution in [0.3, 0.4) is 0 Å². The van der Waals surface area contributed by atoms with Crippen LogP contribution in [0.2, 0.25) is 0 Å². The summed E-state index contributed by atoms with van der Waals surface area (Å²) in [6.07, 6.45) is 5.12. The second kappa shape index (κ2) is 7.84. The van der Waals surface area contributed by atoms with Crippen molar-refractivity contribution in [2.75, 3.05) is 0 Å². The van der Waals surface area contributed by atoms with Crippen LogP contribution in [0, 0.1) is 6.92 Å². The molecule has 2 aromatic rings. The van der Waals surface area contributed by atoms with Crippen molar-refractivity contribution in [1.29, 1.82) is 0 Å². The Hall–Kier alpha value is -1.92. The zero-order valence-electron chi connectivity index (χ0n) is 15.7. The Morgan fingerprint density at radius 3 is 2.57 bits per heavy atom. The summed E-state index contributed by atoms with van der Waals surface area (Å²) < 4.78 is 0.932. The van der Waals surface area contributed by atoms with E-state index in [0.717, 1.165) is 40.6 Å². The molecule has 2 heterocycles. The molecule has 1 aromatic heterocycles. The molecular formula is C22H22BrNO3S. The highest BCUT2D eigenvalue weighted by molar-refractivity contribution is 9.10. The zero-order valence-corrected chi connectivity index (χ0v) is 18.1. The fraction of sp³-hybridized carbons (Fsp3) is 0.364. The third-order valence-electron chi connectivity index (χ3n) is 5.69. The van der Waals surface area contributed by atoms with Crippen LogP contribution in [0.4, 0.5) is 0 Å². The first-order valence-electron chi connectivity index (χ1n) is 9.59. The van der Waals surface area contributed by atoms with E-state index >= 15 is 0 Å². The molecule has 1 unspecified atom stereocenters. The van der Waals surface area contributed by atoms with E-state index in [0.29, 0.717) is 5.56 Å². The van der Waals surface area contributed by atoms with Gasteiger partial charge in [0.25, 0.3) is 11.7 Å². The van der Waals surface area contributed by atoms with Crippen molar-refractivity contribution in [2.24, 2.45) is 0 Å². The SMILES string of the molecule is Cc1cc(/C(O)=C2/C(=O)C(=O)N(C3CCCCC3)C2c2cccs2)ccc1Br. The van der Waals surface area contributed by atoms with Gasteiger partial charge in [0.1, 0.15) is 5.76 Å². The second-order valence-electron chi connectivity index (χ2n) is 7.48. The Balaban J connectivity index is 1.85. The molecule has 0 radical (unpaired) electrons. The monoisotopic (exact) mass is 459 g/mol. The molecule has 1 N–H and O–H groups in total. The lowest BCUT2D eigenvalue weighted by atomic mass is 9.92. The first-order valence-corrected chi connectivity index (χ1v) is 11.3. The van der Waals surface area contributed by atoms with Gasteiger partial charge in [0, 0.05) is 21.0 Å². The smallest absolute Gasteiger partial charge is 0.295 e. The molecule has 1 aliphatic heterocycles. The number of carbonyl (C=O) groups excluding carboxylic acids is 2. The van der Waals surface area contributed by atoms with E-state index in [1.54, 1.807) is 11.0 Å². The second-order valence-corrected chi connectivity index (χ2v) is 9.31. The summed E-state index contributed by atoms with van der Waals surface area (Å²) in [7, 11) is 0. The Kier molecular flexibility index (Phi) is 5.43. The van der Waals surface area contributed by atoms with Crippen LogP contribution in [0.5, 0.6) is 0 Å². The molecular weight excluding hydrogens is 438 g/mol. The van der Waals surface area contributed by atoms with E-state index in [1.165, 1.54) is 17.8 Å². The quantitative estimate of drug-likeness (QED) is 0.370. The predicted octanol–water partition coefficient (Wildman–Crippen LogP) is 5.57. The fourth-order valence-electron chi connectivity index (χ4n) is 4.26.